The first kappa shape index (κ1) is 8.87. The summed E-state index contributed by atoms with van der Waals surface area (Å²) < 4.78 is 51.1. The Labute approximate surface area is 63.7 Å². The number of nitrogens with one attached hydrogen (secondary N) is 1. The monoisotopic (exact) mass is 203 g/mol. The topological polar surface area (TPSA) is 98.8 Å². The minimum Gasteiger partial charge on any atom is -0.214 e. The zero-order valence-corrected chi connectivity index (χ0v) is 6.98. The van der Waals surface area contributed by atoms with Crippen LogP contribution < -0.4 is 4.72 Å². The second-order valence-electron chi connectivity index (χ2n) is 1.64. The van der Waals surface area contributed by atoms with Gasteiger partial charge in [0.05, 0.1) is 0 Å². The molecule has 0 spiro atoms. The maximum atomic E-state index is 10.6. The van der Waals surface area contributed by atoms with Crippen LogP contribution in [0, 0.1) is 0 Å². The van der Waals surface area contributed by atoms with E-state index in [-0.39, 0.29) is 0 Å². The van der Waals surface area contributed by atoms with E-state index in [0.29, 0.717) is 0 Å². The third kappa shape index (κ3) is 1.68. The lowest BCUT2D eigenvalue weighted by Gasteiger charge is -2.23. The van der Waals surface area contributed by atoms with Crippen LogP contribution in [0.15, 0.2) is 0 Å². The Morgan fingerprint density at radius 3 is 2.09 bits per heavy atom. The fourth-order valence-electron chi connectivity index (χ4n) is 0.399. The lowest BCUT2D eigenvalue weighted by atomic mass is 11.5. The van der Waals surface area contributed by atoms with Gasteiger partial charge in [0.15, 0.2) is 0 Å². The number of hydrogen-bond acceptors (Lipinski definition) is 6. The third-order valence-electron chi connectivity index (χ3n) is 0.931. The van der Waals surface area contributed by atoms with E-state index in [9.17, 15) is 16.8 Å². The SMILES string of the molecule is CNS(=O)(=O)C1OS(=O)(=O)O1. The highest BCUT2D eigenvalue weighted by molar-refractivity contribution is 7.92. The van der Waals surface area contributed by atoms with Gasteiger partial charge < -0.3 is 0 Å². The number of rotatable bonds is 2. The van der Waals surface area contributed by atoms with Gasteiger partial charge in [-0.1, -0.05) is 0 Å². The molecule has 0 atom stereocenters. The molecule has 9 heteroatoms. The smallest absolute Gasteiger partial charge is 0.214 e. The van der Waals surface area contributed by atoms with E-state index in [0.717, 1.165) is 7.05 Å². The molecule has 1 aliphatic rings. The van der Waals surface area contributed by atoms with Gasteiger partial charge in [-0.25, -0.2) is 13.1 Å². The summed E-state index contributed by atoms with van der Waals surface area (Å²) in [5, 5.41) is 0. The Morgan fingerprint density at radius 2 is 1.82 bits per heavy atom. The maximum absolute atomic E-state index is 10.6. The van der Waals surface area contributed by atoms with E-state index >= 15 is 0 Å². The summed E-state index contributed by atoms with van der Waals surface area (Å²) in [6.45, 7) is 0. The molecule has 0 saturated carbocycles. The van der Waals surface area contributed by atoms with Crippen molar-refractivity contribution in [1.29, 1.82) is 0 Å². The predicted molar refractivity (Wildman–Crippen MR) is 32.9 cm³/mol. The van der Waals surface area contributed by atoms with Gasteiger partial charge in [-0.2, -0.15) is 16.8 Å². The standard InChI is InChI=1S/C2H5NO6S2/c1-3-10(4,5)2-8-11(6,7)9-2/h2-3H,1H3. The summed E-state index contributed by atoms with van der Waals surface area (Å²) in [7, 11) is -6.73. The average Bonchev–Trinajstić information content (AvgIpc) is 1.83. The van der Waals surface area contributed by atoms with Crippen LogP contribution in [-0.4, -0.2) is 29.5 Å². The van der Waals surface area contributed by atoms with Gasteiger partial charge in [0.1, 0.15) is 0 Å². The van der Waals surface area contributed by atoms with Crippen molar-refractivity contribution in [2.75, 3.05) is 7.05 Å². The lowest BCUT2D eigenvalue weighted by Crippen LogP contribution is -2.46. The predicted octanol–water partition coefficient (Wildman–Crippen LogP) is -1.89. The largest absolute Gasteiger partial charge is 0.406 e. The molecule has 1 fully saturated rings. The van der Waals surface area contributed by atoms with Crippen molar-refractivity contribution in [3.8, 4) is 0 Å². The normalized spacial score (nSPS) is 24.5. The van der Waals surface area contributed by atoms with Gasteiger partial charge in [0.25, 0.3) is 10.0 Å². The highest BCUT2D eigenvalue weighted by Crippen LogP contribution is 2.21. The van der Waals surface area contributed by atoms with Crippen molar-refractivity contribution in [3.05, 3.63) is 0 Å². The Morgan fingerprint density at radius 1 is 1.36 bits per heavy atom. The second-order valence-corrected chi connectivity index (χ2v) is 4.72. The zero-order chi connectivity index (χ0) is 8.70. The minimum atomic E-state index is -4.04. The summed E-state index contributed by atoms with van der Waals surface area (Å²) in [5.41, 5.74) is -1.74. The molecule has 1 saturated heterocycles. The Bertz CT molecular complexity index is 327. The Kier molecular flexibility index (Phi) is 1.92. The molecule has 1 heterocycles. The van der Waals surface area contributed by atoms with Crippen molar-refractivity contribution in [1.82, 2.24) is 4.72 Å². The van der Waals surface area contributed by atoms with Gasteiger partial charge in [0, 0.05) is 0 Å². The van der Waals surface area contributed by atoms with Gasteiger partial charge in [-0.15, -0.1) is 0 Å². The molecule has 66 valence electrons. The Balaban J connectivity index is 2.72. The number of hydrogen-bond donors (Lipinski definition) is 1. The van der Waals surface area contributed by atoms with Crippen LogP contribution >= 0.6 is 0 Å². The maximum Gasteiger partial charge on any atom is 0.406 e. The van der Waals surface area contributed by atoms with Crippen LogP contribution in [-0.2, 0) is 28.8 Å². The molecule has 11 heavy (non-hydrogen) atoms. The first-order valence-corrected chi connectivity index (χ1v) is 5.29. The average molecular weight is 203 g/mol. The van der Waals surface area contributed by atoms with Crippen LogP contribution in [0.25, 0.3) is 0 Å². The molecule has 0 unspecified atom stereocenters. The van der Waals surface area contributed by atoms with Crippen LogP contribution in [0.4, 0.5) is 0 Å². The molecular formula is C2H5NO6S2. The summed E-state index contributed by atoms with van der Waals surface area (Å²) in [6, 6.07) is 0. The van der Waals surface area contributed by atoms with E-state index in [4.69, 9.17) is 0 Å². The molecule has 0 amide bonds. The lowest BCUT2D eigenvalue weighted by molar-refractivity contribution is -0.0179. The molecule has 0 aromatic carbocycles. The quantitative estimate of drug-likeness (QED) is 0.563. The summed E-state index contributed by atoms with van der Waals surface area (Å²) >= 11 is 0. The highest BCUT2D eigenvalue weighted by atomic mass is 32.3. The van der Waals surface area contributed by atoms with Crippen LogP contribution in [0.5, 0.6) is 0 Å². The van der Waals surface area contributed by atoms with Crippen molar-refractivity contribution >= 4 is 20.4 Å². The zero-order valence-electron chi connectivity index (χ0n) is 5.34. The van der Waals surface area contributed by atoms with Crippen molar-refractivity contribution in [2.45, 2.75) is 5.62 Å². The van der Waals surface area contributed by atoms with E-state index < -0.39 is 26.0 Å². The van der Waals surface area contributed by atoms with Crippen molar-refractivity contribution in [2.24, 2.45) is 0 Å². The fraction of sp³-hybridized carbons (Fsp3) is 1.00. The molecule has 1 N–H and O–H groups in total. The summed E-state index contributed by atoms with van der Waals surface area (Å²) in [5.74, 6) is 0. The molecule has 0 bridgehead atoms. The van der Waals surface area contributed by atoms with Crippen molar-refractivity contribution in [3.63, 3.8) is 0 Å². The van der Waals surface area contributed by atoms with Crippen LogP contribution in [0.2, 0.25) is 0 Å². The van der Waals surface area contributed by atoms with Gasteiger partial charge >= 0.3 is 16.0 Å². The fourth-order valence-corrected chi connectivity index (χ4v) is 2.40. The van der Waals surface area contributed by atoms with Gasteiger partial charge in [0.2, 0.25) is 0 Å². The molecule has 0 aromatic rings. The third-order valence-corrected chi connectivity index (χ3v) is 3.26. The summed E-state index contributed by atoms with van der Waals surface area (Å²) in [4.78, 5) is 0. The van der Waals surface area contributed by atoms with E-state index in [1.807, 2.05) is 4.72 Å². The van der Waals surface area contributed by atoms with Crippen molar-refractivity contribution < 1.29 is 25.2 Å². The van der Waals surface area contributed by atoms with Gasteiger partial charge in [-0.05, 0) is 7.05 Å². The van der Waals surface area contributed by atoms with E-state index in [1.165, 1.54) is 0 Å². The van der Waals surface area contributed by atoms with Gasteiger partial charge in [-0.3, -0.25) is 0 Å². The van der Waals surface area contributed by atoms with Crippen LogP contribution in [0.3, 0.4) is 0 Å². The second kappa shape index (κ2) is 2.38. The first-order chi connectivity index (χ1) is 4.87. The number of sulfonamides is 1. The first-order valence-electron chi connectivity index (χ1n) is 2.41. The molecular weight excluding hydrogens is 198 g/mol. The summed E-state index contributed by atoms with van der Waals surface area (Å²) in [6.07, 6.45) is 0. The molecule has 0 aliphatic carbocycles. The molecule has 7 nitrogen and oxygen atoms in total. The van der Waals surface area contributed by atoms with Crippen LogP contribution in [0.1, 0.15) is 0 Å². The molecule has 1 rings (SSSR count). The minimum absolute atomic E-state index is 1.12. The Hall–Kier alpha value is -0.220. The molecule has 0 aromatic heterocycles. The highest BCUT2D eigenvalue weighted by Gasteiger charge is 2.45. The van der Waals surface area contributed by atoms with E-state index in [2.05, 4.69) is 8.37 Å². The van der Waals surface area contributed by atoms with E-state index in [1.54, 1.807) is 0 Å². The molecule has 1 aliphatic heterocycles. The molecule has 0 radical (unpaired) electrons.